The second-order valence-electron chi connectivity index (χ2n) is 4.03. The molecule has 0 saturated heterocycles. The van der Waals surface area contributed by atoms with Crippen LogP contribution in [0.1, 0.15) is 5.56 Å². The molecule has 0 aliphatic heterocycles. The first-order valence-corrected chi connectivity index (χ1v) is 7.10. The summed E-state index contributed by atoms with van der Waals surface area (Å²) in [5, 5.41) is 8.86. The molecule has 2 aromatic carbocycles. The molecule has 0 aliphatic carbocycles. The number of hydrogen-bond donors (Lipinski definition) is 2. The Morgan fingerprint density at radius 2 is 1.71 bits per heavy atom. The fraction of sp³-hybridized carbons (Fsp3) is 0. The van der Waals surface area contributed by atoms with Crippen LogP contribution >= 0.6 is 0 Å². The van der Waals surface area contributed by atoms with Crippen LogP contribution in [0.25, 0.3) is 0 Å². The highest BCUT2D eigenvalue weighted by molar-refractivity contribution is 7.92. The Labute approximate surface area is 119 Å². The largest absolute Gasteiger partial charge is 0.395 e. The lowest BCUT2D eigenvalue weighted by atomic mass is 10.2. The summed E-state index contributed by atoms with van der Waals surface area (Å²) in [7, 11) is -4.25. The topological polar surface area (TPSA) is 96.0 Å². The highest BCUT2D eigenvalue weighted by Gasteiger charge is 2.21. The Kier molecular flexibility index (Phi) is 3.78. The molecule has 0 aliphatic rings. The minimum atomic E-state index is -4.25. The van der Waals surface area contributed by atoms with Crippen molar-refractivity contribution < 1.29 is 17.2 Å². The Balaban J connectivity index is 2.51. The molecular formula is C13H9F2N3O2S. The molecule has 2 aromatic rings. The SMILES string of the molecule is N#Cc1c(F)cccc1NS(=O)(=O)c1cccc(F)c1N. The van der Waals surface area contributed by atoms with Crippen molar-refractivity contribution in [2.75, 3.05) is 10.5 Å². The first kappa shape index (κ1) is 14.7. The van der Waals surface area contributed by atoms with E-state index >= 15 is 0 Å². The Morgan fingerprint density at radius 3 is 2.38 bits per heavy atom. The van der Waals surface area contributed by atoms with Gasteiger partial charge in [0.05, 0.1) is 11.4 Å². The average Bonchev–Trinajstić information content (AvgIpc) is 2.41. The van der Waals surface area contributed by atoms with E-state index in [0.29, 0.717) is 0 Å². The zero-order valence-electron chi connectivity index (χ0n) is 10.5. The van der Waals surface area contributed by atoms with Gasteiger partial charge in [-0.05, 0) is 24.3 Å². The summed E-state index contributed by atoms with van der Waals surface area (Å²) < 4.78 is 53.1. The van der Waals surface area contributed by atoms with Crippen LogP contribution in [0.3, 0.4) is 0 Å². The second-order valence-corrected chi connectivity index (χ2v) is 5.68. The van der Waals surface area contributed by atoms with Crippen molar-refractivity contribution in [1.82, 2.24) is 0 Å². The van der Waals surface area contributed by atoms with E-state index in [2.05, 4.69) is 0 Å². The molecule has 3 N–H and O–H groups in total. The van der Waals surface area contributed by atoms with Crippen LogP contribution in [0.2, 0.25) is 0 Å². The number of halogens is 2. The maximum absolute atomic E-state index is 13.4. The number of sulfonamides is 1. The zero-order chi connectivity index (χ0) is 15.6. The molecule has 0 bridgehead atoms. The third-order valence-electron chi connectivity index (χ3n) is 2.67. The number of nitrogens with one attached hydrogen (secondary N) is 1. The Bertz CT molecular complexity index is 845. The van der Waals surface area contributed by atoms with Crippen molar-refractivity contribution >= 4 is 21.4 Å². The van der Waals surface area contributed by atoms with Crippen molar-refractivity contribution in [2.24, 2.45) is 0 Å². The van der Waals surface area contributed by atoms with Gasteiger partial charge in [0.25, 0.3) is 10.0 Å². The van der Waals surface area contributed by atoms with Crippen LogP contribution in [0.15, 0.2) is 41.3 Å². The summed E-state index contributed by atoms with van der Waals surface area (Å²) in [5.74, 6) is -1.76. The molecule has 8 heteroatoms. The van der Waals surface area contributed by atoms with Crippen LogP contribution in [0, 0.1) is 23.0 Å². The number of anilines is 2. The standard InChI is InChI=1S/C13H9F2N3O2S/c14-9-3-1-5-11(8(9)7-16)18-21(19,20)12-6-2-4-10(15)13(12)17/h1-6,18H,17H2. The van der Waals surface area contributed by atoms with Gasteiger partial charge < -0.3 is 5.73 Å². The van der Waals surface area contributed by atoms with Gasteiger partial charge in [0.1, 0.15) is 28.2 Å². The molecule has 0 amide bonds. The summed E-state index contributed by atoms with van der Waals surface area (Å²) in [5.41, 5.74) is 4.12. The lowest BCUT2D eigenvalue weighted by Crippen LogP contribution is -2.16. The van der Waals surface area contributed by atoms with Gasteiger partial charge >= 0.3 is 0 Å². The summed E-state index contributed by atoms with van der Waals surface area (Å²) in [4.78, 5) is -0.490. The number of benzene rings is 2. The van der Waals surface area contributed by atoms with Gasteiger partial charge in [0.15, 0.2) is 0 Å². The van der Waals surface area contributed by atoms with E-state index in [1.54, 1.807) is 6.07 Å². The summed E-state index contributed by atoms with van der Waals surface area (Å²) in [6, 6.07) is 8.33. The van der Waals surface area contributed by atoms with Gasteiger partial charge in [-0.1, -0.05) is 12.1 Å². The van der Waals surface area contributed by atoms with Gasteiger partial charge in [-0.25, -0.2) is 17.2 Å². The van der Waals surface area contributed by atoms with Crippen LogP contribution in [0.4, 0.5) is 20.2 Å². The number of nitrogen functional groups attached to an aromatic ring is 1. The maximum Gasteiger partial charge on any atom is 0.264 e. The lowest BCUT2D eigenvalue weighted by molar-refractivity contribution is 0.597. The number of hydrogen-bond acceptors (Lipinski definition) is 4. The van der Waals surface area contributed by atoms with Gasteiger partial charge in [0.2, 0.25) is 0 Å². The molecule has 0 fully saturated rings. The molecule has 5 nitrogen and oxygen atoms in total. The average molecular weight is 309 g/mol. The molecule has 0 atom stereocenters. The quantitative estimate of drug-likeness (QED) is 0.850. The van der Waals surface area contributed by atoms with Crippen molar-refractivity contribution in [3.8, 4) is 6.07 Å². The molecule has 0 radical (unpaired) electrons. The molecule has 0 saturated carbocycles. The molecule has 0 heterocycles. The number of nitriles is 1. The minimum Gasteiger partial charge on any atom is -0.395 e. The third-order valence-corrected chi connectivity index (χ3v) is 4.10. The lowest BCUT2D eigenvalue weighted by Gasteiger charge is -2.11. The minimum absolute atomic E-state index is 0.249. The van der Waals surface area contributed by atoms with E-state index in [0.717, 1.165) is 18.2 Å². The summed E-state index contributed by atoms with van der Waals surface area (Å²) >= 11 is 0. The Morgan fingerprint density at radius 1 is 1.10 bits per heavy atom. The maximum atomic E-state index is 13.4. The second kappa shape index (κ2) is 5.38. The van der Waals surface area contributed by atoms with Crippen molar-refractivity contribution in [3.63, 3.8) is 0 Å². The van der Waals surface area contributed by atoms with Gasteiger partial charge in [-0.2, -0.15) is 5.26 Å². The molecule has 108 valence electrons. The van der Waals surface area contributed by atoms with E-state index in [9.17, 15) is 17.2 Å². The van der Waals surface area contributed by atoms with Gasteiger partial charge in [0, 0.05) is 0 Å². The highest BCUT2D eigenvalue weighted by Crippen LogP contribution is 2.25. The highest BCUT2D eigenvalue weighted by atomic mass is 32.2. The van der Waals surface area contributed by atoms with Crippen LogP contribution in [0.5, 0.6) is 0 Å². The van der Waals surface area contributed by atoms with E-state index in [1.165, 1.54) is 18.2 Å². The molecule has 21 heavy (non-hydrogen) atoms. The van der Waals surface area contributed by atoms with Crippen LogP contribution in [-0.2, 0) is 10.0 Å². The van der Waals surface area contributed by atoms with Crippen molar-refractivity contribution in [1.29, 1.82) is 5.26 Å². The summed E-state index contributed by atoms with van der Waals surface area (Å²) in [6.07, 6.45) is 0. The van der Waals surface area contributed by atoms with E-state index in [4.69, 9.17) is 11.0 Å². The first-order valence-electron chi connectivity index (χ1n) is 5.62. The Hall–Kier alpha value is -2.66. The number of nitrogens with zero attached hydrogens (tertiary/aromatic N) is 1. The first-order chi connectivity index (χ1) is 9.86. The molecule has 2 rings (SSSR count). The normalized spacial score (nSPS) is 10.9. The number of para-hydroxylation sites is 1. The molecular weight excluding hydrogens is 300 g/mol. The van der Waals surface area contributed by atoms with Crippen molar-refractivity contribution in [3.05, 3.63) is 53.6 Å². The van der Waals surface area contributed by atoms with Crippen LogP contribution in [-0.4, -0.2) is 8.42 Å². The monoisotopic (exact) mass is 309 g/mol. The van der Waals surface area contributed by atoms with E-state index in [1.807, 2.05) is 4.72 Å². The molecule has 0 aromatic heterocycles. The predicted molar refractivity (Wildman–Crippen MR) is 72.7 cm³/mol. The number of nitrogens with two attached hydrogens (primary N) is 1. The van der Waals surface area contributed by atoms with E-state index in [-0.39, 0.29) is 5.69 Å². The third kappa shape index (κ3) is 2.78. The molecule has 0 spiro atoms. The fourth-order valence-electron chi connectivity index (χ4n) is 1.67. The smallest absolute Gasteiger partial charge is 0.264 e. The van der Waals surface area contributed by atoms with Gasteiger partial charge in [-0.15, -0.1) is 0 Å². The van der Waals surface area contributed by atoms with Crippen LogP contribution < -0.4 is 10.5 Å². The molecule has 0 unspecified atom stereocenters. The summed E-state index contributed by atoms with van der Waals surface area (Å²) in [6.45, 7) is 0. The fourth-order valence-corrected chi connectivity index (χ4v) is 2.89. The zero-order valence-corrected chi connectivity index (χ0v) is 11.3. The predicted octanol–water partition coefficient (Wildman–Crippen LogP) is 2.22. The number of rotatable bonds is 3. The van der Waals surface area contributed by atoms with Crippen molar-refractivity contribution in [2.45, 2.75) is 4.90 Å². The van der Waals surface area contributed by atoms with E-state index < -0.39 is 37.8 Å². The van der Waals surface area contributed by atoms with Gasteiger partial charge in [-0.3, -0.25) is 4.72 Å².